The first-order valence-corrected chi connectivity index (χ1v) is 6.56. The first-order chi connectivity index (χ1) is 9.52. The van der Waals surface area contributed by atoms with Crippen molar-refractivity contribution < 1.29 is 14.3 Å². The van der Waals surface area contributed by atoms with E-state index in [1.807, 2.05) is 32.9 Å². The van der Waals surface area contributed by atoms with E-state index in [-0.39, 0.29) is 12.5 Å². The average Bonchev–Trinajstić information content (AvgIpc) is 2.88. The van der Waals surface area contributed by atoms with Gasteiger partial charge in [0.15, 0.2) is 0 Å². The van der Waals surface area contributed by atoms with Crippen molar-refractivity contribution in [3.63, 3.8) is 0 Å². The smallest absolute Gasteiger partial charge is 0.252 e. The van der Waals surface area contributed by atoms with Crippen LogP contribution in [0.4, 0.5) is 0 Å². The third-order valence-electron chi connectivity index (χ3n) is 3.28. The second kappa shape index (κ2) is 5.92. The van der Waals surface area contributed by atoms with Gasteiger partial charge in [-0.2, -0.15) is 0 Å². The Labute approximate surface area is 118 Å². The van der Waals surface area contributed by atoms with Gasteiger partial charge in [0.2, 0.25) is 0 Å². The van der Waals surface area contributed by atoms with Crippen molar-refractivity contribution in [3.8, 4) is 0 Å². The number of aryl methyl sites for hydroxylation is 3. The van der Waals surface area contributed by atoms with Crippen molar-refractivity contribution in [2.45, 2.75) is 26.8 Å². The Hall–Kier alpha value is -2.07. The van der Waals surface area contributed by atoms with Crippen molar-refractivity contribution in [1.29, 1.82) is 0 Å². The average molecular weight is 273 g/mol. The summed E-state index contributed by atoms with van der Waals surface area (Å²) in [6, 6.07) is 6.88. The summed E-state index contributed by atoms with van der Waals surface area (Å²) in [5, 5.41) is 12.2. The lowest BCUT2D eigenvalue weighted by Crippen LogP contribution is -2.31. The van der Waals surface area contributed by atoms with Crippen LogP contribution in [0, 0.1) is 20.8 Å². The van der Waals surface area contributed by atoms with Gasteiger partial charge in [-0.3, -0.25) is 4.79 Å². The molecule has 0 spiro atoms. The molecule has 1 atom stereocenters. The first-order valence-electron chi connectivity index (χ1n) is 6.56. The standard InChI is InChI=1S/C16H19NO3/c1-10-7-11(2)15(12(3)8-10)16(19)17-13(9-18)14-5-4-6-20-14/h4-8,13,18H,9H2,1-3H3,(H,17,19). The van der Waals surface area contributed by atoms with Gasteiger partial charge in [0.25, 0.3) is 5.91 Å². The lowest BCUT2D eigenvalue weighted by molar-refractivity contribution is 0.0906. The molecule has 106 valence electrons. The van der Waals surface area contributed by atoms with Crippen LogP contribution in [0.2, 0.25) is 0 Å². The normalized spacial score (nSPS) is 12.2. The van der Waals surface area contributed by atoms with Gasteiger partial charge < -0.3 is 14.8 Å². The molecule has 0 fully saturated rings. The zero-order chi connectivity index (χ0) is 14.7. The van der Waals surface area contributed by atoms with E-state index in [4.69, 9.17) is 4.42 Å². The molecular weight excluding hydrogens is 254 g/mol. The number of carbonyl (C=O) groups is 1. The number of furan rings is 1. The fourth-order valence-electron chi connectivity index (χ4n) is 2.46. The van der Waals surface area contributed by atoms with Crippen LogP contribution in [0.3, 0.4) is 0 Å². The maximum Gasteiger partial charge on any atom is 0.252 e. The molecule has 0 aliphatic heterocycles. The quantitative estimate of drug-likeness (QED) is 0.900. The largest absolute Gasteiger partial charge is 0.467 e. The van der Waals surface area contributed by atoms with E-state index >= 15 is 0 Å². The van der Waals surface area contributed by atoms with Crippen molar-refractivity contribution in [3.05, 3.63) is 58.5 Å². The maximum absolute atomic E-state index is 12.4. The summed E-state index contributed by atoms with van der Waals surface area (Å²) in [7, 11) is 0. The summed E-state index contributed by atoms with van der Waals surface area (Å²) in [6.45, 7) is 5.62. The predicted octanol–water partition coefficient (Wildman–Crippen LogP) is 2.67. The van der Waals surface area contributed by atoms with E-state index in [1.165, 1.54) is 6.26 Å². The van der Waals surface area contributed by atoms with Crippen molar-refractivity contribution >= 4 is 5.91 Å². The van der Waals surface area contributed by atoms with Crippen LogP contribution in [0.15, 0.2) is 34.9 Å². The zero-order valence-electron chi connectivity index (χ0n) is 11.9. The molecule has 2 aromatic rings. The molecule has 1 heterocycles. The minimum atomic E-state index is -0.530. The van der Waals surface area contributed by atoms with Gasteiger partial charge in [0, 0.05) is 5.56 Å². The van der Waals surface area contributed by atoms with Crippen LogP contribution < -0.4 is 5.32 Å². The van der Waals surface area contributed by atoms with Crippen LogP contribution in [0.1, 0.15) is 38.9 Å². The zero-order valence-corrected chi connectivity index (χ0v) is 11.9. The Kier molecular flexibility index (Phi) is 4.25. The minimum Gasteiger partial charge on any atom is -0.467 e. The van der Waals surface area contributed by atoms with Gasteiger partial charge in [-0.25, -0.2) is 0 Å². The van der Waals surface area contributed by atoms with E-state index in [9.17, 15) is 9.90 Å². The minimum absolute atomic E-state index is 0.199. The highest BCUT2D eigenvalue weighted by Gasteiger charge is 2.19. The Morgan fingerprint density at radius 3 is 2.45 bits per heavy atom. The van der Waals surface area contributed by atoms with Gasteiger partial charge >= 0.3 is 0 Å². The highest BCUT2D eigenvalue weighted by atomic mass is 16.3. The van der Waals surface area contributed by atoms with Crippen LogP contribution in [0.25, 0.3) is 0 Å². The first kappa shape index (κ1) is 14.3. The van der Waals surface area contributed by atoms with E-state index < -0.39 is 6.04 Å². The van der Waals surface area contributed by atoms with Crippen LogP contribution in [0.5, 0.6) is 0 Å². The molecule has 1 unspecified atom stereocenters. The topological polar surface area (TPSA) is 62.5 Å². The van der Waals surface area contributed by atoms with E-state index in [0.29, 0.717) is 11.3 Å². The molecule has 1 aromatic carbocycles. The molecular formula is C16H19NO3. The number of nitrogens with one attached hydrogen (secondary N) is 1. The monoisotopic (exact) mass is 273 g/mol. The summed E-state index contributed by atoms with van der Waals surface area (Å²) < 4.78 is 5.23. The fraction of sp³-hybridized carbons (Fsp3) is 0.312. The molecule has 0 aliphatic rings. The molecule has 0 saturated heterocycles. The van der Waals surface area contributed by atoms with Crippen molar-refractivity contribution in [1.82, 2.24) is 5.32 Å². The summed E-state index contributed by atoms with van der Waals surface area (Å²) in [6.07, 6.45) is 1.52. The third-order valence-corrected chi connectivity index (χ3v) is 3.28. The van der Waals surface area contributed by atoms with E-state index in [2.05, 4.69) is 5.32 Å². The summed E-state index contributed by atoms with van der Waals surface area (Å²) in [5.41, 5.74) is 3.63. The SMILES string of the molecule is Cc1cc(C)c(C(=O)NC(CO)c2ccco2)c(C)c1. The van der Waals surface area contributed by atoms with E-state index in [0.717, 1.165) is 16.7 Å². The highest BCUT2D eigenvalue weighted by Crippen LogP contribution is 2.19. The van der Waals surface area contributed by atoms with Crippen LogP contribution in [-0.4, -0.2) is 17.6 Å². The number of amides is 1. The summed E-state index contributed by atoms with van der Waals surface area (Å²) in [5.74, 6) is 0.346. The number of hydrogen-bond acceptors (Lipinski definition) is 3. The van der Waals surface area contributed by atoms with Crippen molar-refractivity contribution in [2.75, 3.05) is 6.61 Å². The lowest BCUT2D eigenvalue weighted by atomic mass is 9.99. The Morgan fingerprint density at radius 2 is 1.95 bits per heavy atom. The predicted molar refractivity (Wildman–Crippen MR) is 76.7 cm³/mol. The summed E-state index contributed by atoms with van der Waals surface area (Å²) in [4.78, 5) is 12.4. The molecule has 0 saturated carbocycles. The molecule has 4 heteroatoms. The van der Waals surface area contributed by atoms with Gasteiger partial charge in [0.1, 0.15) is 11.8 Å². The van der Waals surface area contributed by atoms with Gasteiger partial charge in [-0.1, -0.05) is 17.7 Å². The molecule has 4 nitrogen and oxygen atoms in total. The maximum atomic E-state index is 12.4. The molecule has 2 N–H and O–H groups in total. The van der Waals surface area contributed by atoms with Crippen LogP contribution >= 0.6 is 0 Å². The summed E-state index contributed by atoms with van der Waals surface area (Å²) >= 11 is 0. The van der Waals surface area contributed by atoms with Gasteiger partial charge in [0.05, 0.1) is 12.9 Å². The Morgan fingerprint density at radius 1 is 1.30 bits per heavy atom. The van der Waals surface area contributed by atoms with Gasteiger partial charge in [-0.05, 0) is 44.0 Å². The third kappa shape index (κ3) is 2.91. The van der Waals surface area contributed by atoms with E-state index in [1.54, 1.807) is 12.1 Å². The number of aliphatic hydroxyl groups excluding tert-OH is 1. The number of benzene rings is 1. The number of aliphatic hydroxyl groups is 1. The number of hydrogen-bond donors (Lipinski definition) is 2. The molecule has 1 amide bonds. The second-order valence-electron chi connectivity index (χ2n) is 5.00. The molecule has 1 aromatic heterocycles. The molecule has 2 rings (SSSR count). The number of carbonyl (C=O) groups excluding carboxylic acids is 1. The Balaban J connectivity index is 2.24. The molecule has 20 heavy (non-hydrogen) atoms. The molecule has 0 radical (unpaired) electrons. The van der Waals surface area contributed by atoms with Crippen molar-refractivity contribution in [2.24, 2.45) is 0 Å². The highest BCUT2D eigenvalue weighted by molar-refractivity contribution is 5.97. The van der Waals surface area contributed by atoms with Crippen LogP contribution in [-0.2, 0) is 0 Å². The Bertz CT molecular complexity index is 579. The fourth-order valence-corrected chi connectivity index (χ4v) is 2.46. The second-order valence-corrected chi connectivity index (χ2v) is 5.00. The van der Waals surface area contributed by atoms with Gasteiger partial charge in [-0.15, -0.1) is 0 Å². The number of rotatable bonds is 4. The molecule has 0 bridgehead atoms. The lowest BCUT2D eigenvalue weighted by Gasteiger charge is -2.16. The molecule has 0 aliphatic carbocycles.